The average Bonchev–Trinajstić information content (AvgIpc) is 3.22. The van der Waals surface area contributed by atoms with Crippen molar-refractivity contribution < 1.29 is 27.5 Å². The second-order valence-electron chi connectivity index (χ2n) is 10.0. The molecule has 41 heavy (non-hydrogen) atoms. The number of imide groups is 1. The molecule has 0 bridgehead atoms. The molecule has 5 rings (SSSR count). The van der Waals surface area contributed by atoms with E-state index in [1.807, 2.05) is 0 Å². The molecule has 0 spiro atoms. The van der Waals surface area contributed by atoms with E-state index in [-0.39, 0.29) is 42.0 Å². The highest BCUT2D eigenvalue weighted by Gasteiger charge is 2.34. The summed E-state index contributed by atoms with van der Waals surface area (Å²) in [6, 6.07) is 17.9. The van der Waals surface area contributed by atoms with E-state index in [9.17, 15) is 22.8 Å². The van der Waals surface area contributed by atoms with Crippen LogP contribution in [0.2, 0.25) is 0 Å². The Hall–Kier alpha value is -4.38. The lowest BCUT2D eigenvalue weighted by Gasteiger charge is -2.31. The van der Waals surface area contributed by atoms with E-state index in [1.165, 1.54) is 19.2 Å². The van der Waals surface area contributed by atoms with Crippen molar-refractivity contribution in [3.63, 3.8) is 0 Å². The molecule has 3 aromatic rings. The Morgan fingerprint density at radius 3 is 2.20 bits per heavy atom. The number of hydrogen-bond donors (Lipinski definition) is 2. The number of carbonyl (C=O) groups excluding carboxylic acids is 3. The summed E-state index contributed by atoms with van der Waals surface area (Å²) >= 11 is 0. The van der Waals surface area contributed by atoms with Crippen LogP contribution in [0.5, 0.6) is 5.75 Å². The second-order valence-corrected chi connectivity index (χ2v) is 11.7. The zero-order valence-electron chi connectivity index (χ0n) is 22.8. The van der Waals surface area contributed by atoms with Gasteiger partial charge in [0.25, 0.3) is 21.8 Å². The highest BCUT2D eigenvalue weighted by Crippen LogP contribution is 2.32. The molecule has 2 aliphatic heterocycles. The number of hydrogen-bond acceptors (Lipinski definition) is 7. The number of nitrogens with zero attached hydrogens (tertiary/aromatic N) is 2. The summed E-state index contributed by atoms with van der Waals surface area (Å²) in [5, 5.41) is 2.89. The fourth-order valence-corrected chi connectivity index (χ4v) is 6.20. The zero-order chi connectivity index (χ0) is 29.0. The minimum absolute atomic E-state index is 0.00963. The number of fused-ring (bicyclic) bond motifs is 1. The zero-order valence-corrected chi connectivity index (χ0v) is 23.6. The average molecular weight is 577 g/mol. The van der Waals surface area contributed by atoms with Crippen LogP contribution in [0.1, 0.15) is 52.8 Å². The molecule has 0 aromatic heterocycles. The molecule has 2 N–H and O–H groups in total. The maximum absolute atomic E-state index is 13.2. The van der Waals surface area contributed by atoms with Gasteiger partial charge in [-0.25, -0.2) is 8.42 Å². The molecular weight excluding hydrogens is 544 g/mol. The molecule has 2 aliphatic rings. The summed E-state index contributed by atoms with van der Waals surface area (Å²) < 4.78 is 34.1. The van der Waals surface area contributed by atoms with Crippen LogP contribution in [0.4, 0.5) is 17.1 Å². The molecule has 3 amide bonds. The monoisotopic (exact) mass is 576 g/mol. The Bertz CT molecular complexity index is 1530. The molecule has 214 valence electrons. The van der Waals surface area contributed by atoms with Gasteiger partial charge in [0.2, 0.25) is 5.91 Å². The van der Waals surface area contributed by atoms with Gasteiger partial charge >= 0.3 is 0 Å². The lowest BCUT2D eigenvalue weighted by molar-refractivity contribution is -0.116. The maximum atomic E-state index is 13.2. The number of amides is 3. The highest BCUT2D eigenvalue weighted by atomic mass is 32.2. The van der Waals surface area contributed by atoms with Gasteiger partial charge in [-0.15, -0.1) is 0 Å². The summed E-state index contributed by atoms with van der Waals surface area (Å²) in [5.41, 5.74) is 2.27. The molecule has 1 saturated heterocycles. The first-order valence-electron chi connectivity index (χ1n) is 13.6. The first-order valence-corrected chi connectivity index (χ1v) is 15.1. The molecule has 0 aliphatic carbocycles. The van der Waals surface area contributed by atoms with Gasteiger partial charge in [0.05, 0.1) is 34.5 Å². The number of nitrogens with one attached hydrogen (secondary N) is 2. The number of piperidine rings is 1. The van der Waals surface area contributed by atoms with E-state index in [1.54, 1.807) is 54.6 Å². The standard InChI is InChI=1S/C30H32N4O6S/c1-40-22-13-11-21(12-14-22)32-41(38,39)23-15-16-27(33-17-5-2-6-18-33)26(20-23)31-28(35)10-7-19-34-29(36)24-8-3-4-9-25(24)30(34)37/h3-4,8-9,11-16,20,32H,2,5-7,10,17-19H2,1H3,(H,31,35). The third-order valence-electron chi connectivity index (χ3n) is 7.26. The maximum Gasteiger partial charge on any atom is 0.261 e. The van der Waals surface area contributed by atoms with Crippen molar-refractivity contribution in [3.8, 4) is 5.75 Å². The molecule has 0 saturated carbocycles. The van der Waals surface area contributed by atoms with Crippen molar-refractivity contribution in [2.45, 2.75) is 37.0 Å². The van der Waals surface area contributed by atoms with Gasteiger partial charge in [0.1, 0.15) is 5.75 Å². The van der Waals surface area contributed by atoms with Gasteiger partial charge in [0, 0.05) is 31.7 Å². The van der Waals surface area contributed by atoms with Crippen molar-refractivity contribution in [1.29, 1.82) is 0 Å². The minimum atomic E-state index is -3.95. The first kappa shape index (κ1) is 28.2. The van der Waals surface area contributed by atoms with Crippen molar-refractivity contribution >= 4 is 44.8 Å². The van der Waals surface area contributed by atoms with Crippen LogP contribution in [0.25, 0.3) is 0 Å². The lowest BCUT2D eigenvalue weighted by Crippen LogP contribution is -2.32. The summed E-state index contributed by atoms with van der Waals surface area (Å²) in [5.74, 6) is -0.453. The number of rotatable bonds is 10. The summed E-state index contributed by atoms with van der Waals surface area (Å²) in [6.07, 6.45) is 3.45. The van der Waals surface area contributed by atoms with Crippen LogP contribution in [-0.4, -0.2) is 57.8 Å². The van der Waals surface area contributed by atoms with Gasteiger partial charge in [-0.3, -0.25) is 24.0 Å². The third kappa shape index (κ3) is 6.19. The Balaban J connectivity index is 1.29. The quantitative estimate of drug-likeness (QED) is 0.341. The van der Waals surface area contributed by atoms with Crippen LogP contribution in [0, 0.1) is 0 Å². The molecule has 10 nitrogen and oxygen atoms in total. The predicted molar refractivity (Wildman–Crippen MR) is 156 cm³/mol. The topological polar surface area (TPSA) is 125 Å². The molecule has 0 unspecified atom stereocenters. The van der Waals surface area contributed by atoms with Gasteiger partial charge < -0.3 is 15.0 Å². The lowest BCUT2D eigenvalue weighted by atomic mass is 10.1. The minimum Gasteiger partial charge on any atom is -0.497 e. The van der Waals surface area contributed by atoms with Gasteiger partial charge in [-0.05, 0) is 80.3 Å². The molecule has 11 heteroatoms. The number of benzene rings is 3. The first-order chi connectivity index (χ1) is 19.8. The second kappa shape index (κ2) is 12.0. The fourth-order valence-electron chi connectivity index (χ4n) is 5.12. The summed E-state index contributed by atoms with van der Waals surface area (Å²) in [6.45, 7) is 1.72. The Morgan fingerprint density at radius 2 is 1.56 bits per heavy atom. The van der Waals surface area contributed by atoms with E-state index in [4.69, 9.17) is 4.74 Å². The normalized spacial score (nSPS) is 15.0. The Labute approximate surface area is 239 Å². The SMILES string of the molecule is COc1ccc(NS(=O)(=O)c2ccc(N3CCCCC3)c(NC(=O)CCCN3C(=O)c4ccccc4C3=O)c2)cc1. The van der Waals surface area contributed by atoms with Crippen LogP contribution < -0.4 is 19.7 Å². The fraction of sp³-hybridized carbons (Fsp3) is 0.300. The van der Waals surface area contributed by atoms with E-state index < -0.39 is 10.0 Å². The predicted octanol–water partition coefficient (Wildman–Crippen LogP) is 4.50. The molecule has 2 heterocycles. The summed E-state index contributed by atoms with van der Waals surface area (Å²) in [4.78, 5) is 41.6. The molecule has 0 atom stereocenters. The van der Waals surface area contributed by atoms with Crippen molar-refractivity contribution in [2.24, 2.45) is 0 Å². The van der Waals surface area contributed by atoms with Crippen LogP contribution in [0.15, 0.2) is 71.6 Å². The van der Waals surface area contributed by atoms with Gasteiger partial charge in [-0.2, -0.15) is 0 Å². The van der Waals surface area contributed by atoms with Gasteiger partial charge in [0.15, 0.2) is 0 Å². The Morgan fingerprint density at radius 1 is 0.902 bits per heavy atom. The summed E-state index contributed by atoms with van der Waals surface area (Å²) in [7, 11) is -2.42. The van der Waals surface area contributed by atoms with E-state index in [0.29, 0.717) is 28.3 Å². The van der Waals surface area contributed by atoms with Gasteiger partial charge in [-0.1, -0.05) is 12.1 Å². The number of carbonyl (C=O) groups is 3. The van der Waals surface area contributed by atoms with E-state index in [0.717, 1.165) is 42.9 Å². The number of ether oxygens (including phenoxy) is 1. The Kier molecular flexibility index (Phi) is 8.25. The number of methoxy groups -OCH3 is 1. The molecular formula is C30H32N4O6S. The van der Waals surface area contributed by atoms with Crippen molar-refractivity contribution in [3.05, 3.63) is 77.9 Å². The largest absolute Gasteiger partial charge is 0.497 e. The highest BCUT2D eigenvalue weighted by molar-refractivity contribution is 7.92. The van der Waals surface area contributed by atoms with E-state index >= 15 is 0 Å². The van der Waals surface area contributed by atoms with Crippen LogP contribution in [0.3, 0.4) is 0 Å². The van der Waals surface area contributed by atoms with Crippen LogP contribution >= 0.6 is 0 Å². The molecule has 0 radical (unpaired) electrons. The van der Waals surface area contributed by atoms with Crippen molar-refractivity contribution in [2.75, 3.05) is 41.7 Å². The smallest absolute Gasteiger partial charge is 0.261 e. The van der Waals surface area contributed by atoms with Crippen molar-refractivity contribution in [1.82, 2.24) is 4.90 Å². The number of sulfonamides is 1. The molecule has 3 aromatic carbocycles. The number of anilines is 3. The third-order valence-corrected chi connectivity index (χ3v) is 8.63. The molecule has 1 fully saturated rings. The van der Waals surface area contributed by atoms with E-state index in [2.05, 4.69) is 14.9 Å². The van der Waals surface area contributed by atoms with Crippen LogP contribution in [-0.2, 0) is 14.8 Å².